The summed E-state index contributed by atoms with van der Waals surface area (Å²) in [6, 6.07) is 0. The van der Waals surface area contributed by atoms with Crippen LogP contribution in [0.1, 0.15) is 13.8 Å². The molecule has 1 heterocycles. The van der Waals surface area contributed by atoms with Crippen molar-refractivity contribution < 1.29 is 28.2 Å². The van der Waals surface area contributed by atoms with E-state index in [0.29, 0.717) is 0 Å². The summed E-state index contributed by atoms with van der Waals surface area (Å²) < 4.78 is 28.2. The summed E-state index contributed by atoms with van der Waals surface area (Å²) in [4.78, 5) is 23.9. The zero-order valence-electron chi connectivity index (χ0n) is 9.78. The van der Waals surface area contributed by atoms with Gasteiger partial charge in [-0.15, -0.1) is 0 Å². The van der Waals surface area contributed by atoms with Gasteiger partial charge in [0.15, 0.2) is 18.5 Å². The monoisotopic (exact) mass is 261 g/mol. The van der Waals surface area contributed by atoms with E-state index in [1.165, 1.54) is 6.92 Å². The average Bonchev–Trinajstić information content (AvgIpc) is 2.55. The van der Waals surface area contributed by atoms with Gasteiger partial charge in [0, 0.05) is 18.8 Å². The van der Waals surface area contributed by atoms with Gasteiger partial charge in [-0.25, -0.2) is 4.39 Å². The molecule has 0 saturated carbocycles. The van der Waals surface area contributed by atoms with Crippen molar-refractivity contribution in [2.45, 2.75) is 38.5 Å². The number of esters is 2. The van der Waals surface area contributed by atoms with Gasteiger partial charge in [-0.3, -0.25) is 9.59 Å². The van der Waals surface area contributed by atoms with Crippen molar-refractivity contribution >= 4 is 11.9 Å². The van der Waals surface area contributed by atoms with E-state index in [1.54, 1.807) is 0 Å². The molecule has 0 spiro atoms. The summed E-state index contributed by atoms with van der Waals surface area (Å²) >= 11 is 0. The molecule has 100 valence electrons. The van der Waals surface area contributed by atoms with Gasteiger partial charge >= 0.3 is 11.9 Å². The summed E-state index contributed by atoms with van der Waals surface area (Å²) in [5.41, 5.74) is 8.24. The Hall–Kier alpha value is -1.86. The van der Waals surface area contributed by atoms with E-state index in [0.717, 1.165) is 6.92 Å². The smallest absolute Gasteiger partial charge is 0.303 e. The molecule has 1 aliphatic rings. The molecule has 0 radical (unpaired) electrons. The molecule has 0 aromatic rings. The number of ether oxygens (including phenoxy) is 3. The highest BCUT2D eigenvalue weighted by Gasteiger charge is 2.47. The second kappa shape index (κ2) is 6.18. The van der Waals surface area contributed by atoms with Crippen LogP contribution in [0.3, 0.4) is 0 Å². The van der Waals surface area contributed by atoms with Crippen LogP contribution in [0.2, 0.25) is 0 Å². The van der Waals surface area contributed by atoms with Crippen molar-refractivity contribution in [1.29, 1.82) is 0 Å². The zero-order valence-corrected chi connectivity index (χ0v) is 9.78. The van der Waals surface area contributed by atoms with Gasteiger partial charge in [0.25, 0.3) is 0 Å². The number of nitrogens with zero attached hydrogens (tertiary/aromatic N) is 3. The quantitative estimate of drug-likeness (QED) is 0.322. The molecule has 4 atom stereocenters. The molecule has 0 aromatic carbocycles. The Bertz CT molecular complexity index is 384. The Morgan fingerprint density at radius 1 is 1.44 bits per heavy atom. The maximum atomic E-state index is 13.8. The van der Waals surface area contributed by atoms with E-state index < -0.39 is 36.5 Å². The van der Waals surface area contributed by atoms with E-state index in [-0.39, 0.29) is 6.61 Å². The third kappa shape index (κ3) is 3.57. The molecule has 0 unspecified atom stereocenters. The van der Waals surface area contributed by atoms with E-state index in [1.807, 2.05) is 0 Å². The van der Waals surface area contributed by atoms with Crippen LogP contribution in [0.5, 0.6) is 0 Å². The van der Waals surface area contributed by atoms with Crippen molar-refractivity contribution in [2.24, 2.45) is 5.11 Å². The first-order valence-corrected chi connectivity index (χ1v) is 5.10. The highest BCUT2D eigenvalue weighted by atomic mass is 19.1. The number of hydrogen-bond acceptors (Lipinski definition) is 6. The first kappa shape index (κ1) is 14.2. The van der Waals surface area contributed by atoms with Gasteiger partial charge in [0.05, 0.1) is 0 Å². The molecular weight excluding hydrogens is 249 g/mol. The topological polar surface area (TPSA) is 111 Å². The van der Waals surface area contributed by atoms with Gasteiger partial charge < -0.3 is 14.2 Å². The maximum absolute atomic E-state index is 13.8. The molecule has 9 heteroatoms. The van der Waals surface area contributed by atoms with Crippen molar-refractivity contribution in [2.75, 3.05) is 6.61 Å². The molecule has 1 aliphatic heterocycles. The second-order valence-electron chi connectivity index (χ2n) is 3.59. The first-order chi connectivity index (χ1) is 8.45. The number of rotatable bonds is 4. The molecule has 0 aromatic heterocycles. The minimum Gasteiger partial charge on any atom is -0.463 e. The van der Waals surface area contributed by atoms with Gasteiger partial charge in [0.1, 0.15) is 12.7 Å². The number of halogens is 1. The Kier molecular flexibility index (Phi) is 4.87. The number of carbonyl (C=O) groups is 2. The lowest BCUT2D eigenvalue weighted by molar-refractivity contribution is -0.156. The molecule has 0 aliphatic carbocycles. The van der Waals surface area contributed by atoms with Gasteiger partial charge in [0.2, 0.25) is 0 Å². The van der Waals surface area contributed by atoms with Crippen LogP contribution < -0.4 is 0 Å². The number of carbonyl (C=O) groups excluding carboxylic acids is 2. The SMILES string of the molecule is CC(=O)OC[C@H]1O[C@@H](N=[N+]=[N-])[C@@H](F)[C@@H]1OC(C)=O. The molecule has 1 saturated heterocycles. The predicted octanol–water partition coefficient (Wildman–Crippen LogP) is 0.854. The van der Waals surface area contributed by atoms with Crippen LogP contribution in [0, 0.1) is 0 Å². The lowest BCUT2D eigenvalue weighted by Gasteiger charge is -2.18. The molecule has 0 amide bonds. The fourth-order valence-corrected chi connectivity index (χ4v) is 1.51. The van der Waals surface area contributed by atoms with E-state index in [4.69, 9.17) is 15.0 Å². The highest BCUT2D eigenvalue weighted by molar-refractivity contribution is 5.66. The summed E-state index contributed by atoms with van der Waals surface area (Å²) in [6.07, 6.45) is -5.47. The number of hydrogen-bond donors (Lipinski definition) is 0. The molecule has 1 fully saturated rings. The largest absolute Gasteiger partial charge is 0.463 e. The zero-order chi connectivity index (χ0) is 13.7. The van der Waals surface area contributed by atoms with Crippen molar-refractivity contribution in [3.05, 3.63) is 10.4 Å². The molecule has 1 rings (SSSR count). The maximum Gasteiger partial charge on any atom is 0.303 e. The Morgan fingerprint density at radius 2 is 2.11 bits per heavy atom. The minimum absolute atomic E-state index is 0.287. The molecule has 8 nitrogen and oxygen atoms in total. The highest BCUT2D eigenvalue weighted by Crippen LogP contribution is 2.28. The van der Waals surface area contributed by atoms with E-state index >= 15 is 0 Å². The first-order valence-electron chi connectivity index (χ1n) is 5.10. The Morgan fingerprint density at radius 3 is 2.61 bits per heavy atom. The third-order valence-electron chi connectivity index (χ3n) is 2.19. The lowest BCUT2D eigenvalue weighted by Crippen LogP contribution is -2.36. The third-order valence-corrected chi connectivity index (χ3v) is 2.19. The van der Waals surface area contributed by atoms with Crippen LogP contribution in [0.4, 0.5) is 4.39 Å². The Balaban J connectivity index is 2.74. The fraction of sp³-hybridized carbons (Fsp3) is 0.778. The lowest BCUT2D eigenvalue weighted by atomic mass is 10.1. The summed E-state index contributed by atoms with van der Waals surface area (Å²) in [6.45, 7) is 2.00. The summed E-state index contributed by atoms with van der Waals surface area (Å²) in [7, 11) is 0. The molecule has 18 heavy (non-hydrogen) atoms. The van der Waals surface area contributed by atoms with Crippen LogP contribution in [-0.4, -0.2) is 43.2 Å². The fourth-order valence-electron chi connectivity index (χ4n) is 1.51. The molecular formula is C9H12FN3O5. The summed E-state index contributed by atoms with van der Waals surface area (Å²) in [5, 5.41) is 3.09. The van der Waals surface area contributed by atoms with Crippen molar-refractivity contribution in [1.82, 2.24) is 0 Å². The molecule has 0 N–H and O–H groups in total. The second-order valence-corrected chi connectivity index (χ2v) is 3.59. The Labute approximate surface area is 102 Å². The van der Waals surface area contributed by atoms with Gasteiger partial charge in [-0.1, -0.05) is 5.11 Å². The summed E-state index contributed by atoms with van der Waals surface area (Å²) in [5.74, 6) is -1.29. The van der Waals surface area contributed by atoms with E-state index in [2.05, 4.69) is 14.8 Å². The van der Waals surface area contributed by atoms with Crippen LogP contribution in [0.15, 0.2) is 5.11 Å². The number of alkyl halides is 1. The average molecular weight is 261 g/mol. The van der Waals surface area contributed by atoms with E-state index in [9.17, 15) is 14.0 Å². The number of azide groups is 1. The van der Waals surface area contributed by atoms with Crippen molar-refractivity contribution in [3.63, 3.8) is 0 Å². The van der Waals surface area contributed by atoms with Gasteiger partial charge in [-0.2, -0.15) is 0 Å². The van der Waals surface area contributed by atoms with Crippen molar-refractivity contribution in [3.8, 4) is 0 Å². The van der Waals surface area contributed by atoms with Crippen LogP contribution in [-0.2, 0) is 23.8 Å². The predicted molar refractivity (Wildman–Crippen MR) is 54.9 cm³/mol. The normalized spacial score (nSPS) is 30.4. The standard InChI is InChI=1S/C9H12FN3O5/c1-4(14)16-3-6-8(17-5(2)15)7(10)9(18-6)12-13-11/h6-9H,3H2,1-2H3/t6-,7+,8-,9-/m1/s1. The minimum atomic E-state index is -1.80. The van der Waals surface area contributed by atoms with Gasteiger partial charge in [-0.05, 0) is 5.53 Å². The molecule has 0 bridgehead atoms. The van der Waals surface area contributed by atoms with Crippen LogP contribution >= 0.6 is 0 Å². The van der Waals surface area contributed by atoms with Crippen LogP contribution in [0.25, 0.3) is 10.4 Å².